The zero-order valence-corrected chi connectivity index (χ0v) is 21.9. The summed E-state index contributed by atoms with van der Waals surface area (Å²) in [6.07, 6.45) is 8.40. The van der Waals surface area contributed by atoms with Gasteiger partial charge in [0.25, 0.3) is 5.91 Å². The summed E-state index contributed by atoms with van der Waals surface area (Å²) in [6, 6.07) is 5.59. The van der Waals surface area contributed by atoms with Crippen molar-refractivity contribution >= 4 is 22.9 Å². The minimum atomic E-state index is -1.06. The Bertz CT molecular complexity index is 1310. The first kappa shape index (κ1) is 25.7. The van der Waals surface area contributed by atoms with Crippen molar-refractivity contribution in [3.8, 4) is 5.75 Å². The van der Waals surface area contributed by atoms with Gasteiger partial charge in [0.05, 0.1) is 28.9 Å². The molecule has 200 valence electrons. The number of hydrogen-bond donors (Lipinski definition) is 4. The van der Waals surface area contributed by atoms with E-state index in [1.165, 1.54) is 6.20 Å². The average molecular weight is 519 g/mol. The maximum atomic E-state index is 13.3. The number of anilines is 2. The minimum absolute atomic E-state index is 0.180. The van der Waals surface area contributed by atoms with Gasteiger partial charge in [-0.05, 0) is 32.9 Å². The monoisotopic (exact) mass is 518 g/mol. The summed E-state index contributed by atoms with van der Waals surface area (Å²) in [5.74, 6) is 0.561. The van der Waals surface area contributed by atoms with E-state index >= 15 is 0 Å². The zero-order valence-electron chi connectivity index (χ0n) is 21.9. The number of fused-ring (bicyclic) bond motifs is 1. The van der Waals surface area contributed by atoms with Crippen LogP contribution in [0.4, 0.5) is 11.4 Å². The van der Waals surface area contributed by atoms with Crippen molar-refractivity contribution in [1.29, 1.82) is 0 Å². The molecule has 0 bridgehead atoms. The molecule has 11 nitrogen and oxygen atoms in total. The van der Waals surface area contributed by atoms with Gasteiger partial charge in [-0.15, -0.1) is 0 Å². The van der Waals surface area contributed by atoms with Gasteiger partial charge in [0, 0.05) is 81.3 Å². The largest absolute Gasteiger partial charge is 0.484 e. The summed E-state index contributed by atoms with van der Waals surface area (Å²) in [4.78, 5) is 33.6. The number of nitrogens with one attached hydrogen (secondary N) is 2. The summed E-state index contributed by atoms with van der Waals surface area (Å²) in [6.45, 7) is 9.42. The predicted molar refractivity (Wildman–Crippen MR) is 144 cm³/mol. The second-order valence-corrected chi connectivity index (χ2v) is 10.5. The van der Waals surface area contributed by atoms with Crippen LogP contribution >= 0.6 is 0 Å². The van der Waals surface area contributed by atoms with Gasteiger partial charge in [0.15, 0.2) is 5.82 Å². The number of nitrogens with two attached hydrogens (primary N) is 1. The maximum absolute atomic E-state index is 13.3. The van der Waals surface area contributed by atoms with Crippen LogP contribution in [0, 0.1) is 0 Å². The molecule has 1 aromatic carbocycles. The lowest BCUT2D eigenvalue weighted by Crippen LogP contribution is -2.51. The number of benzene rings is 1. The number of aliphatic hydroxyl groups is 1. The summed E-state index contributed by atoms with van der Waals surface area (Å²) in [5, 5.41) is 13.8. The van der Waals surface area contributed by atoms with E-state index in [9.17, 15) is 9.90 Å². The van der Waals surface area contributed by atoms with Gasteiger partial charge in [0.2, 0.25) is 0 Å². The van der Waals surface area contributed by atoms with Crippen LogP contribution in [0.15, 0.2) is 49.3 Å². The molecule has 11 heteroatoms. The highest BCUT2D eigenvalue weighted by Crippen LogP contribution is 2.45. The lowest BCUT2D eigenvalue weighted by Gasteiger charge is -2.37. The smallest absolute Gasteiger partial charge is 0.261 e. The molecule has 3 aromatic rings. The van der Waals surface area contributed by atoms with E-state index < -0.39 is 17.1 Å². The summed E-state index contributed by atoms with van der Waals surface area (Å²) in [5.41, 5.74) is 7.63. The lowest BCUT2D eigenvalue weighted by molar-refractivity contribution is -0.111. The summed E-state index contributed by atoms with van der Waals surface area (Å²) < 4.78 is 6.32. The van der Waals surface area contributed by atoms with Crippen LogP contribution < -0.4 is 20.7 Å². The summed E-state index contributed by atoms with van der Waals surface area (Å²) >= 11 is 0. The predicted octanol–water partition coefficient (Wildman–Crippen LogP) is 1.92. The molecule has 1 atom stereocenters. The van der Waals surface area contributed by atoms with Gasteiger partial charge in [-0.3, -0.25) is 9.69 Å². The molecule has 2 aromatic heterocycles. The molecular weight excluding hydrogens is 484 g/mol. The second-order valence-electron chi connectivity index (χ2n) is 10.5. The van der Waals surface area contributed by atoms with E-state index in [1.54, 1.807) is 38.6 Å². The van der Waals surface area contributed by atoms with E-state index in [2.05, 4.69) is 35.1 Å². The number of aromatic nitrogens is 4. The van der Waals surface area contributed by atoms with Crippen molar-refractivity contribution < 1.29 is 14.6 Å². The Balaban J connectivity index is 1.42. The fourth-order valence-corrected chi connectivity index (χ4v) is 4.83. The zero-order chi connectivity index (χ0) is 26.9. The number of carbonyl (C=O) groups excluding carboxylic acids is 1. The standard InChI is InChI=1S/C27H34N8O3/c1-26(2,37)27(3)13-18-11-21(33-25(36)20(14-28)24-30-5-4-6-31-24)22(12-23(18)38-27)35-9-7-34(8-10-35)16-19-15-29-17-32-19/h4-6,11-12,14-15,17,37H,7-10,13,16,28H2,1-3H3,(H,29,32)(H,33,36)/t27-/m0/s1. The molecule has 0 radical (unpaired) electrons. The molecule has 5 rings (SSSR count). The molecule has 0 spiro atoms. The number of carbonyl (C=O) groups is 1. The van der Waals surface area contributed by atoms with Crippen molar-refractivity contribution in [3.05, 3.63) is 66.4 Å². The second kappa shape index (κ2) is 10.1. The van der Waals surface area contributed by atoms with Crippen LogP contribution in [0.5, 0.6) is 5.75 Å². The van der Waals surface area contributed by atoms with Gasteiger partial charge in [-0.1, -0.05) is 0 Å². The van der Waals surface area contributed by atoms with Gasteiger partial charge in [-0.2, -0.15) is 0 Å². The Morgan fingerprint density at radius 2 is 2.00 bits per heavy atom. The van der Waals surface area contributed by atoms with Crippen molar-refractivity contribution in [2.24, 2.45) is 5.73 Å². The van der Waals surface area contributed by atoms with Crippen LogP contribution in [0.3, 0.4) is 0 Å². The molecule has 38 heavy (non-hydrogen) atoms. The molecular formula is C27H34N8O3. The van der Waals surface area contributed by atoms with E-state index in [-0.39, 0.29) is 11.4 Å². The molecule has 0 saturated carbocycles. The first-order valence-corrected chi connectivity index (χ1v) is 12.7. The number of H-pyrrole nitrogens is 1. The van der Waals surface area contributed by atoms with Crippen LogP contribution in [0.1, 0.15) is 37.9 Å². The van der Waals surface area contributed by atoms with Gasteiger partial charge >= 0.3 is 0 Å². The molecule has 2 aliphatic rings. The van der Waals surface area contributed by atoms with E-state index in [0.717, 1.165) is 49.7 Å². The van der Waals surface area contributed by atoms with Gasteiger partial charge in [0.1, 0.15) is 11.4 Å². The molecule has 1 fully saturated rings. The number of ether oxygens (including phenoxy) is 1. The molecule has 1 saturated heterocycles. The third-order valence-electron chi connectivity index (χ3n) is 7.46. The molecule has 1 amide bonds. The minimum Gasteiger partial charge on any atom is -0.484 e. The number of imidazole rings is 1. The normalized spacial score (nSPS) is 20.2. The van der Waals surface area contributed by atoms with Crippen LogP contribution in [0.25, 0.3) is 5.57 Å². The van der Waals surface area contributed by atoms with Crippen molar-refractivity contribution in [3.63, 3.8) is 0 Å². The fraction of sp³-hybridized carbons (Fsp3) is 0.407. The molecule has 4 heterocycles. The topological polar surface area (TPSA) is 146 Å². The first-order valence-electron chi connectivity index (χ1n) is 12.7. The first-order chi connectivity index (χ1) is 18.2. The maximum Gasteiger partial charge on any atom is 0.261 e. The number of rotatable bonds is 7. The Kier molecular flexibility index (Phi) is 6.80. The third-order valence-corrected chi connectivity index (χ3v) is 7.46. The number of hydrogen-bond acceptors (Lipinski definition) is 9. The van der Waals surface area contributed by atoms with Crippen LogP contribution in [-0.2, 0) is 17.8 Å². The SMILES string of the molecule is CC(C)(O)[C@]1(C)Cc2cc(NC(=O)C(=CN)c3ncccn3)c(N3CCN(Cc4cnc[nH]4)CC3)cc2O1. The third kappa shape index (κ3) is 5.07. The molecule has 5 N–H and O–H groups in total. The highest BCUT2D eigenvalue weighted by molar-refractivity contribution is 6.24. The number of aromatic amines is 1. The van der Waals surface area contributed by atoms with Crippen LogP contribution in [-0.4, -0.2) is 73.2 Å². The number of amides is 1. The van der Waals surface area contributed by atoms with E-state index in [4.69, 9.17) is 10.5 Å². The van der Waals surface area contributed by atoms with Crippen LogP contribution in [0.2, 0.25) is 0 Å². The highest BCUT2D eigenvalue weighted by atomic mass is 16.5. The Morgan fingerprint density at radius 1 is 1.26 bits per heavy atom. The number of piperazine rings is 1. The molecule has 2 aliphatic heterocycles. The van der Waals surface area contributed by atoms with Gasteiger partial charge in [-0.25, -0.2) is 15.0 Å². The Hall–Kier alpha value is -3.96. The average Bonchev–Trinajstić information content (AvgIpc) is 3.52. The summed E-state index contributed by atoms with van der Waals surface area (Å²) in [7, 11) is 0. The fourth-order valence-electron chi connectivity index (χ4n) is 4.83. The van der Waals surface area contributed by atoms with Crippen molar-refractivity contribution in [2.45, 2.75) is 44.9 Å². The Labute approximate surface area is 221 Å². The Morgan fingerprint density at radius 3 is 2.63 bits per heavy atom. The quantitative estimate of drug-likeness (QED) is 0.345. The van der Waals surface area contributed by atoms with Crippen molar-refractivity contribution in [2.75, 3.05) is 36.4 Å². The lowest BCUT2D eigenvalue weighted by atomic mass is 9.84. The van der Waals surface area contributed by atoms with E-state index in [0.29, 0.717) is 17.9 Å². The van der Waals surface area contributed by atoms with E-state index in [1.807, 2.05) is 25.3 Å². The number of nitrogens with zero attached hydrogens (tertiary/aromatic N) is 5. The van der Waals surface area contributed by atoms with Gasteiger partial charge < -0.3 is 30.8 Å². The highest BCUT2D eigenvalue weighted by Gasteiger charge is 2.47. The molecule has 0 unspecified atom stereocenters. The van der Waals surface area contributed by atoms with Crippen molar-refractivity contribution in [1.82, 2.24) is 24.8 Å². The molecule has 0 aliphatic carbocycles.